The molecule has 2 heteroatoms. The molecule has 65 valence electrons. The van der Waals surface area contributed by atoms with Crippen molar-refractivity contribution in [3.05, 3.63) is 35.2 Å². The first-order chi connectivity index (χ1) is 6.25. The van der Waals surface area contributed by atoms with Gasteiger partial charge in [-0.15, -0.1) is 11.3 Å². The average Bonchev–Trinajstić information content (AvgIpc) is 2.49. The standard InChI is InChI=1S/C11H9OS/c1-8(12)6-9-2-3-11-10(7-9)4-5-13-11/h2-3,5,7H,6H2,1H3. The molecule has 13 heavy (non-hydrogen) atoms. The molecule has 0 aliphatic heterocycles. The molecule has 0 saturated carbocycles. The summed E-state index contributed by atoms with van der Waals surface area (Å²) in [4.78, 5) is 10.9. The third-order valence-electron chi connectivity index (χ3n) is 1.90. The second-order valence-electron chi connectivity index (χ2n) is 3.09. The van der Waals surface area contributed by atoms with E-state index in [2.05, 4.69) is 12.1 Å². The zero-order chi connectivity index (χ0) is 9.26. The van der Waals surface area contributed by atoms with Crippen molar-refractivity contribution in [2.24, 2.45) is 0 Å². The Bertz CT molecular complexity index is 442. The van der Waals surface area contributed by atoms with Crippen molar-refractivity contribution < 1.29 is 4.79 Å². The van der Waals surface area contributed by atoms with E-state index in [1.54, 1.807) is 18.3 Å². The Hall–Kier alpha value is -1.15. The van der Waals surface area contributed by atoms with Gasteiger partial charge in [-0.05, 0) is 30.0 Å². The van der Waals surface area contributed by atoms with Crippen molar-refractivity contribution in [1.29, 1.82) is 0 Å². The first kappa shape index (κ1) is 8.45. The van der Waals surface area contributed by atoms with Crippen LogP contribution in [0.2, 0.25) is 0 Å². The molecular weight excluding hydrogens is 180 g/mol. The number of thiophene rings is 1. The molecule has 2 aromatic rings. The lowest BCUT2D eigenvalue weighted by atomic mass is 10.1. The van der Waals surface area contributed by atoms with Gasteiger partial charge >= 0.3 is 0 Å². The van der Waals surface area contributed by atoms with Crippen LogP contribution in [0, 0.1) is 6.07 Å². The number of benzene rings is 1. The van der Waals surface area contributed by atoms with Gasteiger partial charge in [0.05, 0.1) is 0 Å². The van der Waals surface area contributed by atoms with Gasteiger partial charge in [0.25, 0.3) is 0 Å². The highest BCUT2D eigenvalue weighted by Crippen LogP contribution is 2.21. The zero-order valence-electron chi connectivity index (χ0n) is 7.33. The van der Waals surface area contributed by atoms with Gasteiger partial charge in [0.2, 0.25) is 0 Å². The summed E-state index contributed by atoms with van der Waals surface area (Å²) >= 11 is 1.67. The summed E-state index contributed by atoms with van der Waals surface area (Å²) in [5.41, 5.74) is 1.08. The molecular formula is C11H9OS. The average molecular weight is 189 g/mol. The number of carbonyl (C=O) groups excluding carboxylic acids is 1. The van der Waals surface area contributed by atoms with Gasteiger partial charge in [-0.25, -0.2) is 0 Å². The predicted molar refractivity (Wildman–Crippen MR) is 55.0 cm³/mol. The first-order valence-electron chi connectivity index (χ1n) is 4.13. The van der Waals surface area contributed by atoms with Crippen molar-refractivity contribution in [2.45, 2.75) is 13.3 Å². The summed E-state index contributed by atoms with van der Waals surface area (Å²) in [6.45, 7) is 1.61. The fraction of sp³-hybridized carbons (Fsp3) is 0.182. The van der Waals surface area contributed by atoms with Crippen LogP contribution in [0.4, 0.5) is 0 Å². The van der Waals surface area contributed by atoms with Crippen LogP contribution >= 0.6 is 11.3 Å². The van der Waals surface area contributed by atoms with E-state index in [1.807, 2.05) is 17.5 Å². The Morgan fingerprint density at radius 1 is 1.54 bits per heavy atom. The molecule has 1 aromatic heterocycles. The SMILES string of the molecule is CC(=O)Cc1ccc2sc[c]c2c1. The molecule has 0 unspecified atom stereocenters. The minimum Gasteiger partial charge on any atom is -0.300 e. The molecule has 1 heterocycles. The Labute approximate surface area is 81.0 Å². The van der Waals surface area contributed by atoms with Crippen molar-refractivity contribution in [1.82, 2.24) is 0 Å². The van der Waals surface area contributed by atoms with Crippen molar-refractivity contribution in [3.8, 4) is 0 Å². The Balaban J connectivity index is 2.42. The lowest BCUT2D eigenvalue weighted by Crippen LogP contribution is -1.95. The van der Waals surface area contributed by atoms with Gasteiger partial charge < -0.3 is 0 Å². The minimum absolute atomic E-state index is 0.203. The highest BCUT2D eigenvalue weighted by molar-refractivity contribution is 7.17. The van der Waals surface area contributed by atoms with Gasteiger partial charge in [0, 0.05) is 22.6 Å². The summed E-state index contributed by atoms with van der Waals surface area (Å²) in [6, 6.07) is 9.23. The molecule has 0 fully saturated rings. The van der Waals surface area contributed by atoms with E-state index >= 15 is 0 Å². The van der Waals surface area contributed by atoms with Crippen LogP contribution in [0.5, 0.6) is 0 Å². The van der Waals surface area contributed by atoms with E-state index in [9.17, 15) is 4.79 Å². The van der Waals surface area contributed by atoms with E-state index in [4.69, 9.17) is 0 Å². The Morgan fingerprint density at radius 2 is 2.38 bits per heavy atom. The highest BCUT2D eigenvalue weighted by atomic mass is 32.1. The van der Waals surface area contributed by atoms with Crippen molar-refractivity contribution >= 4 is 27.2 Å². The summed E-state index contributed by atoms with van der Waals surface area (Å²) < 4.78 is 1.23. The first-order valence-corrected chi connectivity index (χ1v) is 5.01. The number of hydrogen-bond acceptors (Lipinski definition) is 2. The minimum atomic E-state index is 0.203. The number of rotatable bonds is 2. The number of hydrogen-bond donors (Lipinski definition) is 0. The molecule has 1 aromatic carbocycles. The van der Waals surface area contributed by atoms with Gasteiger partial charge in [-0.3, -0.25) is 4.79 Å². The van der Waals surface area contributed by atoms with E-state index in [-0.39, 0.29) is 5.78 Å². The molecule has 1 nitrogen and oxygen atoms in total. The summed E-state index contributed by atoms with van der Waals surface area (Å²) in [6.07, 6.45) is 0.527. The highest BCUT2D eigenvalue weighted by Gasteiger charge is 2.00. The second kappa shape index (κ2) is 3.30. The van der Waals surface area contributed by atoms with Crippen LogP contribution in [0.15, 0.2) is 23.6 Å². The van der Waals surface area contributed by atoms with E-state index in [1.165, 1.54) is 4.70 Å². The molecule has 0 aliphatic carbocycles. The lowest BCUT2D eigenvalue weighted by molar-refractivity contribution is -0.116. The molecule has 0 bridgehead atoms. The van der Waals surface area contributed by atoms with E-state index in [0.29, 0.717) is 6.42 Å². The lowest BCUT2D eigenvalue weighted by Gasteiger charge is -1.96. The van der Waals surface area contributed by atoms with Crippen LogP contribution in [0.1, 0.15) is 12.5 Å². The number of fused-ring (bicyclic) bond motifs is 1. The molecule has 0 amide bonds. The maximum atomic E-state index is 10.9. The van der Waals surface area contributed by atoms with Crippen molar-refractivity contribution in [3.63, 3.8) is 0 Å². The largest absolute Gasteiger partial charge is 0.300 e. The third kappa shape index (κ3) is 1.78. The van der Waals surface area contributed by atoms with Gasteiger partial charge in [0.1, 0.15) is 5.78 Å². The zero-order valence-corrected chi connectivity index (χ0v) is 8.15. The normalized spacial score (nSPS) is 10.5. The fourth-order valence-electron chi connectivity index (χ4n) is 1.35. The summed E-state index contributed by atoms with van der Waals surface area (Å²) in [7, 11) is 0. The van der Waals surface area contributed by atoms with Crippen LogP contribution < -0.4 is 0 Å². The molecule has 0 aliphatic rings. The van der Waals surface area contributed by atoms with E-state index in [0.717, 1.165) is 10.9 Å². The van der Waals surface area contributed by atoms with Gasteiger partial charge in [-0.1, -0.05) is 6.07 Å². The molecule has 0 saturated heterocycles. The summed E-state index contributed by atoms with van der Waals surface area (Å²) in [5.74, 6) is 0.203. The quantitative estimate of drug-likeness (QED) is 0.710. The molecule has 1 radical (unpaired) electrons. The molecule has 2 rings (SSSR count). The maximum absolute atomic E-state index is 10.9. The predicted octanol–water partition coefficient (Wildman–Crippen LogP) is 2.83. The number of Topliss-reactive ketones (excluding diaryl/α,β-unsaturated/α-hetero) is 1. The smallest absolute Gasteiger partial charge is 0.134 e. The van der Waals surface area contributed by atoms with Crippen LogP contribution in [0.25, 0.3) is 10.1 Å². The van der Waals surface area contributed by atoms with Crippen molar-refractivity contribution in [2.75, 3.05) is 0 Å². The number of carbonyl (C=O) groups is 1. The van der Waals surface area contributed by atoms with E-state index < -0.39 is 0 Å². The maximum Gasteiger partial charge on any atom is 0.134 e. The molecule has 0 spiro atoms. The molecule has 0 N–H and O–H groups in total. The Kier molecular flexibility index (Phi) is 2.15. The molecule has 0 atom stereocenters. The topological polar surface area (TPSA) is 17.1 Å². The number of ketones is 1. The fourth-order valence-corrected chi connectivity index (χ4v) is 2.05. The third-order valence-corrected chi connectivity index (χ3v) is 2.74. The Morgan fingerprint density at radius 3 is 3.15 bits per heavy atom. The van der Waals surface area contributed by atoms with Gasteiger partial charge in [-0.2, -0.15) is 0 Å². The van der Waals surface area contributed by atoms with Crippen LogP contribution in [0.3, 0.4) is 0 Å². The summed E-state index contributed by atoms with van der Waals surface area (Å²) in [5, 5.41) is 3.06. The monoisotopic (exact) mass is 189 g/mol. The van der Waals surface area contributed by atoms with Gasteiger partial charge in [0.15, 0.2) is 0 Å². The van der Waals surface area contributed by atoms with Crippen LogP contribution in [-0.2, 0) is 11.2 Å². The van der Waals surface area contributed by atoms with Crippen LogP contribution in [-0.4, -0.2) is 5.78 Å². The second-order valence-corrected chi connectivity index (χ2v) is 4.00.